The highest BCUT2D eigenvalue weighted by atomic mass is 32.2. The molecule has 1 fully saturated rings. The molecule has 4 rings (SSSR count). The van der Waals surface area contributed by atoms with Crippen molar-refractivity contribution in [1.82, 2.24) is 4.90 Å². The van der Waals surface area contributed by atoms with Gasteiger partial charge in [-0.05, 0) is 41.8 Å². The maximum atomic E-state index is 13.4. The van der Waals surface area contributed by atoms with Crippen molar-refractivity contribution in [3.8, 4) is 11.5 Å². The molecule has 3 aromatic carbocycles. The van der Waals surface area contributed by atoms with Crippen LogP contribution in [0.1, 0.15) is 35.8 Å². The van der Waals surface area contributed by atoms with E-state index < -0.39 is 0 Å². The molecule has 1 heterocycles. The van der Waals surface area contributed by atoms with E-state index in [0.717, 1.165) is 41.3 Å². The number of carbonyl (C=O) groups excluding carboxylic acids is 1. The van der Waals surface area contributed by atoms with Crippen LogP contribution in [-0.4, -0.2) is 23.1 Å². The Morgan fingerprint density at radius 3 is 2.41 bits per heavy atom. The van der Waals surface area contributed by atoms with Gasteiger partial charge in [-0.25, -0.2) is 0 Å². The summed E-state index contributed by atoms with van der Waals surface area (Å²) in [5.74, 6) is 2.67. The molecule has 4 heteroatoms. The van der Waals surface area contributed by atoms with Crippen LogP contribution in [0.2, 0.25) is 0 Å². The van der Waals surface area contributed by atoms with Gasteiger partial charge in [0.15, 0.2) is 0 Å². The van der Waals surface area contributed by atoms with Crippen molar-refractivity contribution in [2.75, 3.05) is 12.3 Å². The molecule has 0 saturated carbocycles. The third-order valence-electron chi connectivity index (χ3n) is 5.20. The van der Waals surface area contributed by atoms with E-state index in [1.54, 1.807) is 0 Å². The average molecular weight is 404 g/mol. The molecule has 0 N–H and O–H groups in total. The lowest BCUT2D eigenvalue weighted by atomic mass is 9.95. The fourth-order valence-corrected chi connectivity index (χ4v) is 5.02. The first kappa shape index (κ1) is 19.6. The molecular formula is C25H25NO2S. The highest BCUT2D eigenvalue weighted by molar-refractivity contribution is 7.99. The van der Waals surface area contributed by atoms with Crippen LogP contribution < -0.4 is 4.74 Å². The van der Waals surface area contributed by atoms with Crippen molar-refractivity contribution in [2.45, 2.75) is 24.6 Å². The first-order chi connectivity index (χ1) is 14.3. The topological polar surface area (TPSA) is 29.5 Å². The monoisotopic (exact) mass is 403 g/mol. The fraction of sp³-hybridized carbons (Fsp3) is 0.240. The van der Waals surface area contributed by atoms with E-state index in [1.807, 2.05) is 77.3 Å². The molecule has 1 amide bonds. The molecule has 0 aliphatic carbocycles. The Bertz CT molecular complexity index is 945. The fourth-order valence-electron chi connectivity index (χ4n) is 3.77. The summed E-state index contributed by atoms with van der Waals surface area (Å²) in [6.07, 6.45) is 0.799. The van der Waals surface area contributed by atoms with Crippen molar-refractivity contribution in [3.63, 3.8) is 0 Å². The van der Waals surface area contributed by atoms with Crippen molar-refractivity contribution < 1.29 is 9.53 Å². The molecule has 1 saturated heterocycles. The van der Waals surface area contributed by atoms with Gasteiger partial charge < -0.3 is 9.64 Å². The van der Waals surface area contributed by atoms with E-state index in [9.17, 15) is 4.79 Å². The summed E-state index contributed by atoms with van der Waals surface area (Å²) in [5, 5.41) is 0.0274. The molecule has 1 aliphatic rings. The first-order valence-electron chi connectivity index (χ1n) is 10.1. The van der Waals surface area contributed by atoms with Gasteiger partial charge in [0.05, 0.1) is 5.92 Å². The number of amides is 1. The summed E-state index contributed by atoms with van der Waals surface area (Å²) < 4.78 is 6.00. The zero-order valence-electron chi connectivity index (χ0n) is 16.5. The van der Waals surface area contributed by atoms with E-state index in [0.29, 0.717) is 0 Å². The normalized spacial score (nSPS) is 17.1. The van der Waals surface area contributed by atoms with E-state index in [2.05, 4.69) is 31.2 Å². The minimum Gasteiger partial charge on any atom is -0.457 e. The number of rotatable bonds is 6. The Kier molecular flexibility index (Phi) is 6.20. The van der Waals surface area contributed by atoms with Gasteiger partial charge in [-0.1, -0.05) is 67.6 Å². The number of ether oxygens (including phenoxy) is 1. The van der Waals surface area contributed by atoms with Gasteiger partial charge in [0.1, 0.15) is 16.9 Å². The lowest BCUT2D eigenvalue weighted by molar-refractivity contribution is -0.133. The van der Waals surface area contributed by atoms with Gasteiger partial charge >= 0.3 is 0 Å². The van der Waals surface area contributed by atoms with Crippen LogP contribution in [0.4, 0.5) is 0 Å². The number of hydrogen-bond donors (Lipinski definition) is 0. The second-order valence-corrected chi connectivity index (χ2v) is 8.30. The molecule has 0 radical (unpaired) electrons. The molecule has 0 bridgehead atoms. The van der Waals surface area contributed by atoms with Crippen molar-refractivity contribution >= 4 is 17.7 Å². The Morgan fingerprint density at radius 1 is 1.00 bits per heavy atom. The molecule has 29 heavy (non-hydrogen) atoms. The third kappa shape index (κ3) is 4.48. The lowest BCUT2D eigenvalue weighted by Gasteiger charge is -2.28. The van der Waals surface area contributed by atoms with Crippen LogP contribution in [0.15, 0.2) is 84.9 Å². The van der Waals surface area contributed by atoms with Gasteiger partial charge in [0.25, 0.3) is 0 Å². The molecule has 1 aliphatic heterocycles. The summed E-state index contributed by atoms with van der Waals surface area (Å²) in [6, 6.07) is 28.0. The van der Waals surface area contributed by atoms with Gasteiger partial charge in [-0.3, -0.25) is 4.79 Å². The van der Waals surface area contributed by atoms with Crippen LogP contribution in [-0.2, 0) is 4.79 Å². The highest BCUT2D eigenvalue weighted by Crippen LogP contribution is 2.41. The van der Waals surface area contributed by atoms with E-state index in [4.69, 9.17) is 4.74 Å². The molecule has 2 atom stereocenters. The lowest BCUT2D eigenvalue weighted by Crippen LogP contribution is -2.34. The van der Waals surface area contributed by atoms with Gasteiger partial charge in [-0.2, -0.15) is 0 Å². The molecule has 3 nitrogen and oxygen atoms in total. The van der Waals surface area contributed by atoms with Crippen molar-refractivity contribution in [2.24, 2.45) is 0 Å². The smallest absolute Gasteiger partial charge is 0.231 e. The number of carbonyl (C=O) groups is 1. The first-order valence-corrected chi connectivity index (χ1v) is 11.1. The van der Waals surface area contributed by atoms with Crippen LogP contribution >= 0.6 is 11.8 Å². The minimum atomic E-state index is -0.0962. The zero-order valence-corrected chi connectivity index (χ0v) is 17.3. The van der Waals surface area contributed by atoms with Crippen LogP contribution in [0, 0.1) is 0 Å². The predicted molar refractivity (Wildman–Crippen MR) is 119 cm³/mol. The van der Waals surface area contributed by atoms with Crippen LogP contribution in [0.5, 0.6) is 11.5 Å². The number of para-hydroxylation sites is 1. The second kappa shape index (κ2) is 9.19. The van der Waals surface area contributed by atoms with Gasteiger partial charge in [0.2, 0.25) is 5.91 Å². The van der Waals surface area contributed by atoms with Crippen LogP contribution in [0.3, 0.4) is 0 Å². The Labute approximate surface area is 176 Å². The van der Waals surface area contributed by atoms with Crippen molar-refractivity contribution in [3.05, 3.63) is 96.1 Å². The summed E-state index contributed by atoms with van der Waals surface area (Å²) in [6.45, 7) is 2.86. The Hall–Kier alpha value is -2.72. The molecular weight excluding hydrogens is 378 g/mol. The molecule has 3 aromatic rings. The quantitative estimate of drug-likeness (QED) is 0.487. The average Bonchev–Trinajstić information content (AvgIpc) is 3.26. The number of hydrogen-bond acceptors (Lipinski definition) is 3. The Balaban J connectivity index is 1.55. The highest BCUT2D eigenvalue weighted by Gasteiger charge is 2.34. The summed E-state index contributed by atoms with van der Waals surface area (Å²) >= 11 is 1.82. The maximum absolute atomic E-state index is 13.4. The summed E-state index contributed by atoms with van der Waals surface area (Å²) in [7, 11) is 0. The maximum Gasteiger partial charge on any atom is 0.231 e. The number of nitrogens with zero attached hydrogens (tertiary/aromatic N) is 1. The minimum absolute atomic E-state index is 0.0274. The van der Waals surface area contributed by atoms with Crippen molar-refractivity contribution in [1.29, 1.82) is 0 Å². The SMILES string of the molecule is CC[C@@H](C(=O)N1CCS[C@H]1c1cccc(Oc2ccccc2)c1)c1ccccc1. The summed E-state index contributed by atoms with van der Waals surface area (Å²) in [5.41, 5.74) is 2.20. The number of thioether (sulfide) groups is 1. The second-order valence-electron chi connectivity index (χ2n) is 7.11. The largest absolute Gasteiger partial charge is 0.457 e. The van der Waals surface area contributed by atoms with E-state index >= 15 is 0 Å². The van der Waals surface area contributed by atoms with Crippen LogP contribution in [0.25, 0.3) is 0 Å². The van der Waals surface area contributed by atoms with Gasteiger partial charge in [-0.15, -0.1) is 11.8 Å². The molecule has 0 aromatic heterocycles. The third-order valence-corrected chi connectivity index (χ3v) is 6.47. The van der Waals surface area contributed by atoms with Gasteiger partial charge in [0, 0.05) is 12.3 Å². The predicted octanol–water partition coefficient (Wildman–Crippen LogP) is 6.25. The summed E-state index contributed by atoms with van der Waals surface area (Å²) in [4.78, 5) is 15.5. The van der Waals surface area contributed by atoms with E-state index in [1.165, 1.54) is 0 Å². The molecule has 148 valence electrons. The Morgan fingerprint density at radius 2 is 1.69 bits per heavy atom. The zero-order chi connectivity index (χ0) is 20.1. The number of benzene rings is 3. The molecule has 0 spiro atoms. The standard InChI is InChI=1S/C25H25NO2S/c1-2-23(19-10-5-3-6-11-19)24(27)26-16-17-29-25(26)20-12-9-15-22(18-20)28-21-13-7-4-8-14-21/h3-15,18,23,25H,2,16-17H2,1H3/t23-,25+/m1/s1. The molecule has 0 unspecified atom stereocenters. The van der Waals surface area contributed by atoms with E-state index in [-0.39, 0.29) is 17.2 Å².